The second kappa shape index (κ2) is 6.34. The summed E-state index contributed by atoms with van der Waals surface area (Å²) < 4.78 is 27.4. The molecule has 6 heteroatoms. The lowest BCUT2D eigenvalue weighted by atomic mass is 10.0. The molecule has 0 atom stereocenters. The van der Waals surface area contributed by atoms with Gasteiger partial charge in [0, 0.05) is 24.3 Å². The number of hydrogen-bond donors (Lipinski definition) is 2. The van der Waals surface area contributed by atoms with E-state index in [-0.39, 0.29) is 4.90 Å². The second-order valence-corrected chi connectivity index (χ2v) is 6.83. The normalized spacial score (nSPS) is 12.4. The molecule has 1 heterocycles. The maximum Gasteiger partial charge on any atom is 0.241 e. The Kier molecular flexibility index (Phi) is 5.31. The molecule has 0 spiro atoms. The summed E-state index contributed by atoms with van der Waals surface area (Å²) in [6, 6.07) is 3.05. The van der Waals surface area contributed by atoms with Crippen molar-refractivity contribution in [1.29, 1.82) is 0 Å². The van der Waals surface area contributed by atoms with E-state index < -0.39 is 15.6 Å². The van der Waals surface area contributed by atoms with Gasteiger partial charge in [-0.15, -0.1) is 0 Å². The first-order valence-electron chi connectivity index (χ1n) is 6.54. The summed E-state index contributed by atoms with van der Waals surface area (Å²) >= 11 is 0. The lowest BCUT2D eigenvalue weighted by Crippen LogP contribution is -2.43. The minimum Gasteiger partial charge on any atom is -0.370 e. The van der Waals surface area contributed by atoms with E-state index in [2.05, 4.69) is 15.0 Å². The van der Waals surface area contributed by atoms with Crippen molar-refractivity contribution in [3.8, 4) is 0 Å². The van der Waals surface area contributed by atoms with E-state index in [0.29, 0.717) is 12.4 Å². The van der Waals surface area contributed by atoms with E-state index in [4.69, 9.17) is 0 Å². The Morgan fingerprint density at radius 3 is 2.58 bits per heavy atom. The third kappa shape index (κ3) is 4.80. The van der Waals surface area contributed by atoms with Crippen molar-refractivity contribution < 1.29 is 8.42 Å². The zero-order chi connectivity index (χ0) is 14.5. The minimum absolute atomic E-state index is 0.239. The molecule has 1 aromatic heterocycles. The van der Waals surface area contributed by atoms with Crippen molar-refractivity contribution in [2.24, 2.45) is 0 Å². The zero-order valence-corrected chi connectivity index (χ0v) is 12.8. The van der Waals surface area contributed by atoms with Crippen molar-refractivity contribution in [3.63, 3.8) is 0 Å². The number of nitrogens with one attached hydrogen (secondary N) is 2. The van der Waals surface area contributed by atoms with Crippen LogP contribution in [0.5, 0.6) is 0 Å². The monoisotopic (exact) mass is 285 g/mol. The molecule has 0 fully saturated rings. The summed E-state index contributed by atoms with van der Waals surface area (Å²) in [6.07, 6.45) is 3.21. The van der Waals surface area contributed by atoms with Crippen molar-refractivity contribution in [1.82, 2.24) is 9.71 Å². The highest BCUT2D eigenvalue weighted by Gasteiger charge is 2.25. The van der Waals surface area contributed by atoms with Crippen LogP contribution in [0.3, 0.4) is 0 Å². The van der Waals surface area contributed by atoms with Gasteiger partial charge >= 0.3 is 0 Å². The van der Waals surface area contributed by atoms with Crippen LogP contribution in [0.1, 0.15) is 40.5 Å². The van der Waals surface area contributed by atoms with Crippen LogP contribution in [0, 0.1) is 0 Å². The van der Waals surface area contributed by atoms with Crippen LogP contribution >= 0.6 is 0 Å². The smallest absolute Gasteiger partial charge is 0.241 e. The zero-order valence-electron chi connectivity index (χ0n) is 12.0. The molecule has 1 aromatic rings. The van der Waals surface area contributed by atoms with Gasteiger partial charge in [-0.3, -0.25) is 0 Å². The number of aromatic nitrogens is 1. The predicted molar refractivity (Wildman–Crippen MR) is 77.7 cm³/mol. The van der Waals surface area contributed by atoms with E-state index >= 15 is 0 Å². The van der Waals surface area contributed by atoms with Crippen LogP contribution in [0.25, 0.3) is 0 Å². The fourth-order valence-electron chi connectivity index (χ4n) is 1.95. The second-order valence-electron chi connectivity index (χ2n) is 5.15. The molecule has 0 amide bonds. The predicted octanol–water partition coefficient (Wildman–Crippen LogP) is 2.37. The highest BCUT2D eigenvalue weighted by Crippen LogP contribution is 2.18. The molecular weight excluding hydrogens is 262 g/mol. The molecule has 0 saturated carbocycles. The Balaban J connectivity index is 2.97. The quantitative estimate of drug-likeness (QED) is 0.807. The average molecular weight is 285 g/mol. The molecule has 0 aliphatic carbocycles. The molecule has 5 nitrogen and oxygen atoms in total. The van der Waals surface area contributed by atoms with Crippen LogP contribution in [0.4, 0.5) is 5.82 Å². The van der Waals surface area contributed by atoms with Gasteiger partial charge in [-0.2, -0.15) is 0 Å². The van der Waals surface area contributed by atoms with Crippen molar-refractivity contribution in [2.75, 3.05) is 11.9 Å². The van der Waals surface area contributed by atoms with Crippen LogP contribution < -0.4 is 10.0 Å². The number of anilines is 1. The van der Waals surface area contributed by atoms with Gasteiger partial charge in [-0.25, -0.2) is 18.1 Å². The third-order valence-corrected chi connectivity index (χ3v) is 4.38. The first-order valence-corrected chi connectivity index (χ1v) is 8.03. The third-order valence-electron chi connectivity index (χ3n) is 2.69. The van der Waals surface area contributed by atoms with Gasteiger partial charge in [-0.05, 0) is 33.3 Å². The lowest BCUT2D eigenvalue weighted by Gasteiger charge is -2.25. The Hall–Kier alpha value is -1.14. The van der Waals surface area contributed by atoms with Gasteiger partial charge in [0.1, 0.15) is 5.82 Å². The number of rotatable bonds is 7. The van der Waals surface area contributed by atoms with E-state index in [1.165, 1.54) is 12.3 Å². The fourth-order valence-corrected chi connectivity index (χ4v) is 3.41. The molecule has 0 bridgehead atoms. The van der Waals surface area contributed by atoms with Gasteiger partial charge in [-0.1, -0.05) is 13.3 Å². The summed E-state index contributed by atoms with van der Waals surface area (Å²) in [7, 11) is -3.51. The van der Waals surface area contributed by atoms with Crippen molar-refractivity contribution in [2.45, 2.75) is 51.0 Å². The van der Waals surface area contributed by atoms with E-state index in [1.54, 1.807) is 6.07 Å². The topological polar surface area (TPSA) is 71.1 Å². The molecule has 19 heavy (non-hydrogen) atoms. The molecule has 1 rings (SSSR count). The number of pyridine rings is 1. The number of hydrogen-bond acceptors (Lipinski definition) is 4. The Labute approximate surface area is 115 Å². The van der Waals surface area contributed by atoms with Gasteiger partial charge in [0.2, 0.25) is 10.0 Å². The summed E-state index contributed by atoms with van der Waals surface area (Å²) in [5.74, 6) is 0.568. The van der Waals surface area contributed by atoms with Gasteiger partial charge in [0.15, 0.2) is 0 Å². The highest BCUT2D eigenvalue weighted by molar-refractivity contribution is 7.89. The fraction of sp³-hybridized carbons (Fsp3) is 0.615. The average Bonchev–Trinajstić information content (AvgIpc) is 2.28. The molecule has 0 aliphatic heterocycles. The maximum atomic E-state index is 12.3. The SMILES string of the molecule is CCCC(C)(C)NS(=O)(=O)c1ccnc(NCC)c1. The molecule has 0 aromatic carbocycles. The van der Waals surface area contributed by atoms with Crippen LogP contribution in [0.2, 0.25) is 0 Å². The van der Waals surface area contributed by atoms with Gasteiger partial charge < -0.3 is 5.32 Å². The van der Waals surface area contributed by atoms with E-state index in [0.717, 1.165) is 12.8 Å². The summed E-state index contributed by atoms with van der Waals surface area (Å²) in [6.45, 7) is 8.45. The van der Waals surface area contributed by atoms with Crippen LogP contribution in [-0.4, -0.2) is 25.5 Å². The Morgan fingerprint density at radius 1 is 1.32 bits per heavy atom. The first-order chi connectivity index (χ1) is 8.80. The van der Waals surface area contributed by atoms with E-state index in [9.17, 15) is 8.42 Å². The van der Waals surface area contributed by atoms with Crippen molar-refractivity contribution >= 4 is 15.8 Å². The molecule has 108 valence electrons. The van der Waals surface area contributed by atoms with Crippen LogP contribution in [0.15, 0.2) is 23.2 Å². The lowest BCUT2D eigenvalue weighted by molar-refractivity contribution is 0.417. The first kappa shape index (κ1) is 15.9. The highest BCUT2D eigenvalue weighted by atomic mass is 32.2. The Morgan fingerprint density at radius 2 is 2.00 bits per heavy atom. The number of sulfonamides is 1. The summed E-state index contributed by atoms with van der Waals surface area (Å²) in [4.78, 5) is 4.31. The maximum absolute atomic E-state index is 12.3. The van der Waals surface area contributed by atoms with Crippen molar-refractivity contribution in [3.05, 3.63) is 18.3 Å². The molecular formula is C13H23N3O2S. The summed E-state index contributed by atoms with van der Waals surface area (Å²) in [5.41, 5.74) is -0.449. The largest absolute Gasteiger partial charge is 0.370 e. The summed E-state index contributed by atoms with van der Waals surface area (Å²) in [5, 5.41) is 3.00. The van der Waals surface area contributed by atoms with E-state index in [1.807, 2.05) is 27.7 Å². The molecule has 0 radical (unpaired) electrons. The molecule has 0 saturated heterocycles. The minimum atomic E-state index is -3.51. The van der Waals surface area contributed by atoms with Gasteiger partial charge in [0.25, 0.3) is 0 Å². The molecule has 2 N–H and O–H groups in total. The standard InChI is InChI=1S/C13H23N3O2S/c1-5-8-13(3,4)16-19(17,18)11-7-9-15-12(10-11)14-6-2/h7,9-10,16H,5-6,8H2,1-4H3,(H,14,15). The molecule has 0 unspecified atom stereocenters. The Bertz CT molecular complexity index is 512. The number of nitrogens with zero attached hydrogens (tertiary/aromatic N) is 1. The molecule has 0 aliphatic rings. The van der Waals surface area contributed by atoms with Gasteiger partial charge in [0.05, 0.1) is 4.90 Å². The van der Waals surface area contributed by atoms with Crippen LogP contribution in [-0.2, 0) is 10.0 Å².